The maximum absolute atomic E-state index is 12.2. The third-order valence-electron chi connectivity index (χ3n) is 3.84. The van der Waals surface area contributed by atoms with E-state index in [1.807, 2.05) is 0 Å². The Bertz CT molecular complexity index is 535. The smallest absolute Gasteiger partial charge is 0.240 e. The second-order valence-electron chi connectivity index (χ2n) is 5.55. The molecule has 118 valence electrons. The molecule has 0 aliphatic carbocycles. The quantitative estimate of drug-likeness (QED) is 0.835. The summed E-state index contributed by atoms with van der Waals surface area (Å²) in [5.41, 5.74) is 0.710. The van der Waals surface area contributed by atoms with Crippen LogP contribution in [0.1, 0.15) is 37.9 Å². The van der Waals surface area contributed by atoms with Crippen LogP contribution in [-0.2, 0) is 10.0 Å². The minimum atomic E-state index is -3.46. The highest BCUT2D eigenvalue weighted by molar-refractivity contribution is 7.89. The van der Waals surface area contributed by atoms with Crippen LogP contribution in [0.4, 0.5) is 0 Å². The topological polar surface area (TPSA) is 69.6 Å². The van der Waals surface area contributed by atoms with Gasteiger partial charge in [-0.15, -0.1) is 0 Å². The standard InChI is InChI=1S/C15H24N2O3S/c1-13(18)14-5-7-15(8-6-14)21(19,20)16-9-12-17-10-3-2-4-11-17/h5-8,13,16,18H,2-4,9-12H2,1H3. The van der Waals surface area contributed by atoms with E-state index in [-0.39, 0.29) is 4.90 Å². The molecule has 1 aliphatic rings. The van der Waals surface area contributed by atoms with Crippen molar-refractivity contribution < 1.29 is 13.5 Å². The number of sulfonamides is 1. The summed E-state index contributed by atoms with van der Waals surface area (Å²) in [6.07, 6.45) is 3.09. The molecule has 0 saturated carbocycles. The van der Waals surface area contributed by atoms with Crippen LogP contribution < -0.4 is 4.72 Å². The number of benzene rings is 1. The largest absolute Gasteiger partial charge is 0.389 e. The molecule has 1 aromatic carbocycles. The summed E-state index contributed by atoms with van der Waals surface area (Å²) in [5.74, 6) is 0. The van der Waals surface area contributed by atoms with Crippen LogP contribution in [0.15, 0.2) is 29.2 Å². The summed E-state index contributed by atoms with van der Waals surface area (Å²) in [7, 11) is -3.46. The van der Waals surface area contributed by atoms with E-state index in [0.29, 0.717) is 12.1 Å². The number of likely N-dealkylation sites (tertiary alicyclic amines) is 1. The van der Waals surface area contributed by atoms with Gasteiger partial charge in [0.05, 0.1) is 11.0 Å². The average Bonchev–Trinajstić information content (AvgIpc) is 2.48. The number of hydrogen-bond donors (Lipinski definition) is 2. The molecule has 6 heteroatoms. The van der Waals surface area contributed by atoms with Crippen LogP contribution in [0, 0.1) is 0 Å². The summed E-state index contributed by atoms with van der Waals surface area (Å²) in [6, 6.07) is 6.35. The molecule has 1 heterocycles. The number of piperidine rings is 1. The van der Waals surface area contributed by atoms with Crippen molar-refractivity contribution >= 4 is 10.0 Å². The monoisotopic (exact) mass is 312 g/mol. The third-order valence-corrected chi connectivity index (χ3v) is 5.32. The first-order valence-corrected chi connectivity index (χ1v) is 8.97. The van der Waals surface area contributed by atoms with Crippen molar-refractivity contribution in [2.75, 3.05) is 26.2 Å². The summed E-state index contributed by atoms with van der Waals surface area (Å²) in [4.78, 5) is 2.54. The van der Waals surface area contributed by atoms with E-state index in [2.05, 4.69) is 9.62 Å². The zero-order chi connectivity index (χ0) is 15.3. The molecule has 1 aliphatic heterocycles. The van der Waals surface area contributed by atoms with E-state index in [4.69, 9.17) is 0 Å². The van der Waals surface area contributed by atoms with E-state index < -0.39 is 16.1 Å². The third kappa shape index (κ3) is 4.78. The Morgan fingerprint density at radius 3 is 2.38 bits per heavy atom. The van der Waals surface area contributed by atoms with Crippen molar-refractivity contribution in [1.82, 2.24) is 9.62 Å². The Hall–Kier alpha value is -0.950. The van der Waals surface area contributed by atoms with Gasteiger partial charge < -0.3 is 10.0 Å². The summed E-state index contributed by atoms with van der Waals surface area (Å²) in [5, 5.41) is 9.43. The van der Waals surface area contributed by atoms with Crippen LogP contribution in [0.5, 0.6) is 0 Å². The zero-order valence-corrected chi connectivity index (χ0v) is 13.3. The Balaban J connectivity index is 1.88. The minimum absolute atomic E-state index is 0.241. The second kappa shape index (κ2) is 7.35. The van der Waals surface area contributed by atoms with Gasteiger partial charge >= 0.3 is 0 Å². The predicted molar refractivity (Wildman–Crippen MR) is 82.6 cm³/mol. The molecule has 21 heavy (non-hydrogen) atoms. The molecule has 5 nitrogen and oxygen atoms in total. The van der Waals surface area contributed by atoms with E-state index in [1.165, 1.54) is 31.4 Å². The highest BCUT2D eigenvalue weighted by atomic mass is 32.2. The van der Waals surface area contributed by atoms with Crippen LogP contribution >= 0.6 is 0 Å². The van der Waals surface area contributed by atoms with Crippen molar-refractivity contribution in [3.63, 3.8) is 0 Å². The van der Waals surface area contributed by atoms with Gasteiger partial charge in [-0.1, -0.05) is 18.6 Å². The fourth-order valence-corrected chi connectivity index (χ4v) is 3.55. The Labute approximate surface area is 127 Å². The molecule has 1 saturated heterocycles. The molecule has 1 fully saturated rings. The molecule has 1 atom stereocenters. The average molecular weight is 312 g/mol. The molecule has 0 aromatic heterocycles. The normalized spacial score (nSPS) is 18.6. The van der Waals surface area contributed by atoms with Gasteiger partial charge in [0, 0.05) is 13.1 Å². The van der Waals surface area contributed by atoms with E-state index >= 15 is 0 Å². The van der Waals surface area contributed by atoms with Crippen LogP contribution in [0.25, 0.3) is 0 Å². The maximum Gasteiger partial charge on any atom is 0.240 e. The first kappa shape index (κ1) is 16.4. The van der Waals surface area contributed by atoms with E-state index in [9.17, 15) is 13.5 Å². The molecule has 1 unspecified atom stereocenters. The first-order chi connectivity index (χ1) is 9.99. The predicted octanol–water partition coefficient (Wildman–Crippen LogP) is 1.50. The molecule has 2 rings (SSSR count). The fourth-order valence-electron chi connectivity index (χ4n) is 2.53. The van der Waals surface area contributed by atoms with Crippen LogP contribution in [-0.4, -0.2) is 44.6 Å². The Morgan fingerprint density at radius 1 is 1.19 bits per heavy atom. The summed E-state index contributed by atoms with van der Waals surface area (Å²) >= 11 is 0. The van der Waals surface area contributed by atoms with Crippen molar-refractivity contribution in [3.8, 4) is 0 Å². The highest BCUT2D eigenvalue weighted by Gasteiger charge is 2.15. The fraction of sp³-hybridized carbons (Fsp3) is 0.600. The molecule has 0 bridgehead atoms. The SMILES string of the molecule is CC(O)c1ccc(S(=O)(=O)NCCN2CCCCC2)cc1. The number of rotatable bonds is 6. The van der Waals surface area contributed by atoms with E-state index in [0.717, 1.165) is 19.6 Å². The van der Waals surface area contributed by atoms with Gasteiger partial charge in [0.1, 0.15) is 0 Å². The minimum Gasteiger partial charge on any atom is -0.389 e. The lowest BCUT2D eigenvalue weighted by Gasteiger charge is -2.26. The van der Waals surface area contributed by atoms with Gasteiger partial charge in [-0.25, -0.2) is 13.1 Å². The maximum atomic E-state index is 12.2. The number of aliphatic hydroxyl groups is 1. The highest BCUT2D eigenvalue weighted by Crippen LogP contribution is 2.15. The number of nitrogens with zero attached hydrogens (tertiary/aromatic N) is 1. The molecular formula is C15H24N2O3S. The Morgan fingerprint density at radius 2 is 1.81 bits per heavy atom. The lowest BCUT2D eigenvalue weighted by atomic mass is 10.1. The van der Waals surface area contributed by atoms with Gasteiger partial charge in [-0.05, 0) is 50.6 Å². The first-order valence-electron chi connectivity index (χ1n) is 7.49. The summed E-state index contributed by atoms with van der Waals surface area (Å²) in [6.45, 7) is 4.96. The molecule has 0 spiro atoms. The van der Waals surface area contributed by atoms with Crippen LogP contribution in [0.2, 0.25) is 0 Å². The Kier molecular flexibility index (Phi) is 5.75. The lowest BCUT2D eigenvalue weighted by molar-refractivity contribution is 0.199. The molecule has 0 amide bonds. The van der Waals surface area contributed by atoms with Crippen molar-refractivity contribution in [2.45, 2.75) is 37.2 Å². The molecular weight excluding hydrogens is 288 g/mol. The summed E-state index contributed by atoms with van der Waals surface area (Å²) < 4.78 is 27.0. The lowest BCUT2D eigenvalue weighted by Crippen LogP contribution is -2.37. The molecule has 1 aromatic rings. The van der Waals surface area contributed by atoms with Gasteiger partial charge in [-0.2, -0.15) is 0 Å². The van der Waals surface area contributed by atoms with Gasteiger partial charge in [0.15, 0.2) is 0 Å². The van der Waals surface area contributed by atoms with Gasteiger partial charge in [0.2, 0.25) is 10.0 Å². The molecule has 0 radical (unpaired) electrons. The van der Waals surface area contributed by atoms with Crippen LogP contribution in [0.3, 0.4) is 0 Å². The van der Waals surface area contributed by atoms with Crippen molar-refractivity contribution in [3.05, 3.63) is 29.8 Å². The number of aliphatic hydroxyl groups excluding tert-OH is 1. The van der Waals surface area contributed by atoms with Gasteiger partial charge in [-0.3, -0.25) is 0 Å². The van der Waals surface area contributed by atoms with Crippen molar-refractivity contribution in [2.24, 2.45) is 0 Å². The van der Waals surface area contributed by atoms with Crippen molar-refractivity contribution in [1.29, 1.82) is 0 Å². The second-order valence-corrected chi connectivity index (χ2v) is 7.31. The molecule has 2 N–H and O–H groups in total. The number of nitrogens with one attached hydrogen (secondary N) is 1. The van der Waals surface area contributed by atoms with E-state index in [1.54, 1.807) is 19.1 Å². The zero-order valence-electron chi connectivity index (χ0n) is 12.5. The van der Waals surface area contributed by atoms with Gasteiger partial charge in [0.25, 0.3) is 0 Å². The number of hydrogen-bond acceptors (Lipinski definition) is 4.